The topological polar surface area (TPSA) is 80.3 Å². The molecule has 0 aromatic carbocycles. The van der Waals surface area contributed by atoms with Gasteiger partial charge in [0.2, 0.25) is 0 Å². The number of carbonyl (C=O) groups excluding carboxylic acids is 2. The molecule has 0 aromatic rings. The Morgan fingerprint density at radius 1 is 0.846 bits per heavy atom. The second kappa shape index (κ2) is 5.24. The number of aliphatic carboxylic acids is 2. The standard InChI is InChI=1S/2C4H6O2.Co/c2*5-4(6)3-1-2-3;/h2*3H,1-2H2,(H,5,6);/q;;+2/p-2. The van der Waals surface area contributed by atoms with E-state index in [1.165, 1.54) is 0 Å². The first-order valence-electron chi connectivity index (χ1n) is 4.03. The van der Waals surface area contributed by atoms with Crippen molar-refractivity contribution in [3.05, 3.63) is 0 Å². The van der Waals surface area contributed by atoms with Gasteiger partial charge < -0.3 is 19.8 Å². The summed E-state index contributed by atoms with van der Waals surface area (Å²) in [6.45, 7) is 0. The van der Waals surface area contributed by atoms with Crippen LogP contribution in [0.3, 0.4) is 0 Å². The number of rotatable bonds is 2. The van der Waals surface area contributed by atoms with Crippen LogP contribution in [0.5, 0.6) is 0 Å². The fourth-order valence-corrected chi connectivity index (χ4v) is 0.638. The Kier molecular flexibility index (Phi) is 5.01. The van der Waals surface area contributed by atoms with Crippen molar-refractivity contribution in [1.29, 1.82) is 0 Å². The van der Waals surface area contributed by atoms with Gasteiger partial charge in [-0.05, 0) is 37.5 Å². The predicted molar refractivity (Wildman–Crippen MR) is 35.5 cm³/mol. The van der Waals surface area contributed by atoms with Gasteiger partial charge >= 0.3 is 16.8 Å². The smallest absolute Gasteiger partial charge is 0.550 e. The SMILES string of the molecule is O=C([O-])C1CC1.O=C([O-])C1CC1.[Co+2]. The predicted octanol–water partition coefficient (Wildman–Crippen LogP) is -1.71. The minimum atomic E-state index is -0.880. The van der Waals surface area contributed by atoms with Crippen LogP contribution in [0.2, 0.25) is 0 Å². The van der Waals surface area contributed by atoms with Crippen LogP contribution in [0.4, 0.5) is 0 Å². The molecule has 2 fully saturated rings. The maximum Gasteiger partial charge on any atom is 2.00 e. The third kappa shape index (κ3) is 5.65. The Bertz CT molecular complexity index is 174. The van der Waals surface area contributed by atoms with Gasteiger partial charge in [-0.15, -0.1) is 0 Å². The minimum Gasteiger partial charge on any atom is -0.550 e. The average Bonchev–Trinajstić information content (AvgIpc) is 2.85. The molecule has 0 spiro atoms. The van der Waals surface area contributed by atoms with Crippen LogP contribution < -0.4 is 10.2 Å². The summed E-state index contributed by atoms with van der Waals surface area (Å²) in [7, 11) is 0. The molecule has 13 heavy (non-hydrogen) atoms. The zero-order valence-electron chi connectivity index (χ0n) is 6.95. The first-order valence-corrected chi connectivity index (χ1v) is 4.03. The second-order valence-electron chi connectivity index (χ2n) is 3.19. The summed E-state index contributed by atoms with van der Waals surface area (Å²) in [4.78, 5) is 19.3. The molecule has 0 saturated heterocycles. The van der Waals surface area contributed by atoms with Gasteiger partial charge in [0.05, 0.1) is 0 Å². The molecule has 0 unspecified atom stereocenters. The van der Waals surface area contributed by atoms with E-state index >= 15 is 0 Å². The number of hydrogen-bond acceptors (Lipinski definition) is 4. The summed E-state index contributed by atoms with van der Waals surface area (Å²) in [5.41, 5.74) is 0. The first kappa shape index (κ1) is 12.4. The summed E-state index contributed by atoms with van der Waals surface area (Å²) < 4.78 is 0. The zero-order valence-corrected chi connectivity index (χ0v) is 7.99. The molecule has 1 radical (unpaired) electrons. The zero-order chi connectivity index (χ0) is 9.14. The van der Waals surface area contributed by atoms with Crippen LogP contribution >= 0.6 is 0 Å². The van der Waals surface area contributed by atoms with Crippen LogP contribution in [-0.2, 0) is 26.4 Å². The van der Waals surface area contributed by atoms with E-state index in [0.717, 1.165) is 25.7 Å². The van der Waals surface area contributed by atoms with E-state index in [2.05, 4.69) is 0 Å². The molecule has 0 aromatic heterocycles. The van der Waals surface area contributed by atoms with E-state index in [4.69, 9.17) is 0 Å². The molecule has 0 N–H and O–H groups in total. The van der Waals surface area contributed by atoms with Gasteiger partial charge in [0.25, 0.3) is 0 Å². The Labute approximate surface area is 86.5 Å². The van der Waals surface area contributed by atoms with Crippen molar-refractivity contribution >= 4 is 11.9 Å². The molecule has 0 atom stereocenters. The summed E-state index contributed by atoms with van der Waals surface area (Å²) in [5.74, 6) is -1.94. The van der Waals surface area contributed by atoms with Crippen LogP contribution in [0.15, 0.2) is 0 Å². The van der Waals surface area contributed by atoms with E-state index in [1.54, 1.807) is 0 Å². The van der Waals surface area contributed by atoms with Crippen LogP contribution in [0, 0.1) is 11.8 Å². The van der Waals surface area contributed by atoms with Crippen molar-refractivity contribution in [3.63, 3.8) is 0 Å². The molecule has 2 aliphatic rings. The summed E-state index contributed by atoms with van der Waals surface area (Å²) in [6.07, 6.45) is 3.34. The van der Waals surface area contributed by atoms with E-state index in [0.29, 0.717) is 0 Å². The molecule has 75 valence electrons. The second-order valence-corrected chi connectivity index (χ2v) is 3.19. The third-order valence-corrected chi connectivity index (χ3v) is 1.82. The summed E-state index contributed by atoms with van der Waals surface area (Å²) in [5, 5.41) is 19.3. The first-order chi connectivity index (χ1) is 5.61. The molecule has 0 heterocycles. The van der Waals surface area contributed by atoms with Crippen molar-refractivity contribution in [2.45, 2.75) is 25.7 Å². The third-order valence-electron chi connectivity index (χ3n) is 1.82. The quantitative estimate of drug-likeness (QED) is 0.564. The van der Waals surface area contributed by atoms with Gasteiger partial charge in [-0.1, -0.05) is 0 Å². The molecule has 2 rings (SSSR count). The normalized spacial score (nSPS) is 19.1. The van der Waals surface area contributed by atoms with Gasteiger partial charge in [0, 0.05) is 11.9 Å². The van der Waals surface area contributed by atoms with Gasteiger partial charge in [0.15, 0.2) is 0 Å². The molecule has 0 amide bonds. The largest absolute Gasteiger partial charge is 2.00 e. The Hall–Kier alpha value is -0.554. The Morgan fingerprint density at radius 3 is 1.08 bits per heavy atom. The van der Waals surface area contributed by atoms with Crippen molar-refractivity contribution in [2.75, 3.05) is 0 Å². The molecular formula is C8H10CoO4. The number of carbonyl (C=O) groups is 2. The molecule has 0 aliphatic heterocycles. The molecule has 0 bridgehead atoms. The number of hydrogen-bond donors (Lipinski definition) is 0. The Balaban J connectivity index is 0.000000206. The fourth-order valence-electron chi connectivity index (χ4n) is 0.638. The van der Waals surface area contributed by atoms with Gasteiger partial charge in [-0.3, -0.25) is 0 Å². The van der Waals surface area contributed by atoms with Crippen molar-refractivity contribution in [3.8, 4) is 0 Å². The van der Waals surface area contributed by atoms with Crippen molar-refractivity contribution in [2.24, 2.45) is 11.8 Å². The minimum absolute atomic E-state index is 0. The van der Waals surface area contributed by atoms with Crippen LogP contribution in [0.25, 0.3) is 0 Å². The number of carboxylic acids is 2. The molecular weight excluding hydrogens is 219 g/mol. The molecule has 5 heteroatoms. The maximum atomic E-state index is 9.65. The molecule has 2 saturated carbocycles. The average molecular weight is 229 g/mol. The summed E-state index contributed by atoms with van der Waals surface area (Å²) >= 11 is 0. The van der Waals surface area contributed by atoms with Crippen LogP contribution in [0.1, 0.15) is 25.7 Å². The van der Waals surface area contributed by atoms with E-state index in [1.807, 2.05) is 0 Å². The Morgan fingerprint density at radius 2 is 1.08 bits per heavy atom. The summed E-state index contributed by atoms with van der Waals surface area (Å²) in [6, 6.07) is 0. The van der Waals surface area contributed by atoms with Gasteiger partial charge in [0.1, 0.15) is 0 Å². The van der Waals surface area contributed by atoms with Gasteiger partial charge in [-0.2, -0.15) is 0 Å². The van der Waals surface area contributed by atoms with E-state index < -0.39 is 11.9 Å². The fraction of sp³-hybridized carbons (Fsp3) is 0.750. The van der Waals surface area contributed by atoms with Gasteiger partial charge in [-0.25, -0.2) is 0 Å². The van der Waals surface area contributed by atoms with Crippen molar-refractivity contribution in [1.82, 2.24) is 0 Å². The van der Waals surface area contributed by atoms with Crippen molar-refractivity contribution < 1.29 is 36.6 Å². The monoisotopic (exact) mass is 229 g/mol. The molecule has 2 aliphatic carbocycles. The van der Waals surface area contributed by atoms with E-state index in [-0.39, 0.29) is 28.6 Å². The number of carboxylic acid groups (broad SMARTS) is 2. The molecule has 4 nitrogen and oxygen atoms in total. The maximum absolute atomic E-state index is 9.65. The van der Waals surface area contributed by atoms with E-state index in [9.17, 15) is 19.8 Å². The van der Waals surface area contributed by atoms with Crippen LogP contribution in [-0.4, -0.2) is 11.9 Å².